The summed E-state index contributed by atoms with van der Waals surface area (Å²) >= 11 is 0. The molecule has 0 atom stereocenters. The average Bonchev–Trinajstić information content (AvgIpc) is 2.69. The Kier molecular flexibility index (Phi) is 4.56. The minimum absolute atomic E-state index is 0.0458. The highest BCUT2D eigenvalue weighted by atomic mass is 19.4. The van der Waals surface area contributed by atoms with Gasteiger partial charge < -0.3 is 0 Å². The Morgan fingerprint density at radius 1 is 1.12 bits per heavy atom. The zero-order valence-electron chi connectivity index (χ0n) is 13.6. The van der Waals surface area contributed by atoms with Crippen LogP contribution in [0.2, 0.25) is 0 Å². The number of hydrogen-bond acceptors (Lipinski definition) is 1. The minimum Gasteiger partial charge on any atom is -0.300 e. The molecule has 0 saturated heterocycles. The Bertz CT molecular complexity index is 886. The molecule has 0 radical (unpaired) electrons. The first-order chi connectivity index (χ1) is 12.2. The van der Waals surface area contributed by atoms with Gasteiger partial charge in [-0.1, -0.05) is 42.0 Å². The number of fused-ring (bicyclic) bond motifs is 2. The molecule has 0 bridgehead atoms. The van der Waals surface area contributed by atoms with Gasteiger partial charge in [-0.3, -0.25) is 9.69 Å². The molecule has 0 spiro atoms. The largest absolute Gasteiger partial charge is 0.471 e. The SMILES string of the molecule is Cc1ccc2c(c1)/C(=C/C(F)F)c1ccccc1N(C(=O)C(F)(F)F)C2. The number of para-hydroxylation sites is 1. The molecule has 1 aliphatic heterocycles. The van der Waals surface area contributed by atoms with Crippen molar-refractivity contribution < 1.29 is 26.7 Å². The molecule has 1 heterocycles. The highest BCUT2D eigenvalue weighted by molar-refractivity contribution is 6.02. The van der Waals surface area contributed by atoms with E-state index in [0.717, 1.165) is 5.56 Å². The molecule has 0 N–H and O–H groups in total. The van der Waals surface area contributed by atoms with E-state index in [9.17, 15) is 26.7 Å². The molecule has 0 aromatic heterocycles. The van der Waals surface area contributed by atoms with Gasteiger partial charge in [-0.25, -0.2) is 8.78 Å². The third-order valence-corrected chi connectivity index (χ3v) is 4.15. The van der Waals surface area contributed by atoms with Crippen molar-refractivity contribution in [1.29, 1.82) is 0 Å². The molecule has 0 aliphatic carbocycles. The maximum atomic E-state index is 13.1. The smallest absolute Gasteiger partial charge is 0.300 e. The van der Waals surface area contributed by atoms with Gasteiger partial charge in [0.1, 0.15) is 0 Å². The Morgan fingerprint density at radius 2 is 1.81 bits per heavy atom. The predicted octanol–water partition coefficient (Wildman–Crippen LogP) is 5.10. The Hall–Kier alpha value is -2.70. The number of anilines is 1. The van der Waals surface area contributed by atoms with E-state index < -0.39 is 18.5 Å². The fourth-order valence-corrected chi connectivity index (χ4v) is 3.06. The summed E-state index contributed by atoms with van der Waals surface area (Å²) < 4.78 is 65.5. The zero-order valence-corrected chi connectivity index (χ0v) is 13.6. The van der Waals surface area contributed by atoms with Gasteiger partial charge in [-0.2, -0.15) is 13.2 Å². The third-order valence-electron chi connectivity index (χ3n) is 4.15. The van der Waals surface area contributed by atoms with Crippen molar-refractivity contribution in [2.24, 2.45) is 0 Å². The summed E-state index contributed by atoms with van der Waals surface area (Å²) in [6, 6.07) is 10.7. The van der Waals surface area contributed by atoms with Crippen molar-refractivity contribution in [3.05, 3.63) is 70.8 Å². The average molecular weight is 367 g/mol. The molecule has 0 unspecified atom stereocenters. The van der Waals surface area contributed by atoms with Crippen LogP contribution in [0.1, 0.15) is 22.3 Å². The highest BCUT2D eigenvalue weighted by Gasteiger charge is 2.44. The summed E-state index contributed by atoms with van der Waals surface area (Å²) in [5.74, 6) is -2.03. The van der Waals surface area contributed by atoms with Crippen LogP contribution in [0, 0.1) is 6.92 Å². The van der Waals surface area contributed by atoms with Crippen molar-refractivity contribution >= 4 is 17.2 Å². The van der Waals surface area contributed by atoms with Crippen LogP contribution in [-0.2, 0) is 11.3 Å². The number of hydrogen-bond donors (Lipinski definition) is 0. The lowest BCUT2D eigenvalue weighted by atomic mass is 9.93. The van der Waals surface area contributed by atoms with Gasteiger partial charge in [0.05, 0.1) is 12.2 Å². The van der Waals surface area contributed by atoms with Gasteiger partial charge in [-0.15, -0.1) is 0 Å². The number of nitrogens with zero attached hydrogens (tertiary/aromatic N) is 1. The second kappa shape index (κ2) is 6.55. The number of benzene rings is 2. The van der Waals surface area contributed by atoms with E-state index in [-0.39, 0.29) is 23.4 Å². The molecular formula is C19H14F5NO. The van der Waals surface area contributed by atoms with Crippen LogP contribution < -0.4 is 4.90 Å². The Labute approximate surface area is 146 Å². The van der Waals surface area contributed by atoms with Crippen molar-refractivity contribution in [2.45, 2.75) is 26.1 Å². The first-order valence-electron chi connectivity index (χ1n) is 7.76. The third kappa shape index (κ3) is 3.34. The number of aryl methyl sites for hydroxylation is 1. The van der Waals surface area contributed by atoms with Gasteiger partial charge in [0.25, 0.3) is 6.43 Å². The fourth-order valence-electron chi connectivity index (χ4n) is 3.06. The standard InChI is InChI=1S/C19H14F5NO/c1-11-6-7-12-10-25(18(26)19(22,23)24)16-5-3-2-4-13(16)15(9-17(20)21)14(12)8-11/h2-9,17H,10H2,1H3/b15-9+. The second-order valence-corrected chi connectivity index (χ2v) is 5.98. The van der Waals surface area contributed by atoms with Crippen molar-refractivity contribution in [3.8, 4) is 0 Å². The first kappa shape index (κ1) is 18.1. The normalized spacial score (nSPS) is 15.7. The number of amides is 1. The maximum Gasteiger partial charge on any atom is 0.471 e. The van der Waals surface area contributed by atoms with Crippen molar-refractivity contribution in [2.75, 3.05) is 4.90 Å². The van der Waals surface area contributed by atoms with E-state index in [1.165, 1.54) is 24.3 Å². The minimum atomic E-state index is -5.07. The van der Waals surface area contributed by atoms with Crippen LogP contribution in [0.4, 0.5) is 27.6 Å². The lowest BCUT2D eigenvalue weighted by Crippen LogP contribution is -2.40. The van der Waals surface area contributed by atoms with Gasteiger partial charge >= 0.3 is 12.1 Å². The molecule has 7 heteroatoms. The monoisotopic (exact) mass is 367 g/mol. The molecule has 0 saturated carbocycles. The molecular weight excluding hydrogens is 353 g/mol. The molecule has 0 fully saturated rings. The summed E-state index contributed by atoms with van der Waals surface area (Å²) in [7, 11) is 0. The quantitative estimate of drug-likeness (QED) is 0.642. The number of carbonyl (C=O) groups is 1. The predicted molar refractivity (Wildman–Crippen MR) is 87.9 cm³/mol. The molecule has 2 aromatic rings. The molecule has 26 heavy (non-hydrogen) atoms. The fraction of sp³-hybridized carbons (Fsp3) is 0.211. The van der Waals surface area contributed by atoms with E-state index in [1.807, 2.05) is 0 Å². The number of carbonyl (C=O) groups excluding carboxylic acids is 1. The molecule has 1 amide bonds. The molecule has 1 aliphatic rings. The maximum absolute atomic E-state index is 13.1. The van der Waals surface area contributed by atoms with Crippen LogP contribution >= 0.6 is 0 Å². The Balaban J connectivity index is 2.31. The van der Waals surface area contributed by atoms with Crippen LogP contribution in [0.5, 0.6) is 0 Å². The highest BCUT2D eigenvalue weighted by Crippen LogP contribution is 2.40. The summed E-state index contributed by atoms with van der Waals surface area (Å²) in [6.07, 6.45) is -7.16. The molecule has 2 nitrogen and oxygen atoms in total. The molecule has 3 rings (SSSR count). The van der Waals surface area contributed by atoms with Gasteiger partial charge in [0.15, 0.2) is 0 Å². The summed E-state index contributed by atoms with van der Waals surface area (Å²) in [4.78, 5) is 12.6. The second-order valence-electron chi connectivity index (χ2n) is 5.98. The number of alkyl halides is 5. The van der Waals surface area contributed by atoms with Gasteiger partial charge in [0.2, 0.25) is 0 Å². The first-order valence-corrected chi connectivity index (χ1v) is 7.76. The number of allylic oxidation sites excluding steroid dienone is 1. The molecule has 136 valence electrons. The summed E-state index contributed by atoms with van der Waals surface area (Å²) in [5.41, 5.74) is 1.78. The van der Waals surface area contributed by atoms with E-state index >= 15 is 0 Å². The van der Waals surface area contributed by atoms with E-state index in [0.29, 0.717) is 22.1 Å². The van der Waals surface area contributed by atoms with E-state index in [4.69, 9.17) is 0 Å². The summed E-state index contributed by atoms with van der Waals surface area (Å²) in [5, 5.41) is 0. The van der Waals surface area contributed by atoms with Gasteiger partial charge in [-0.05, 0) is 35.8 Å². The Morgan fingerprint density at radius 3 is 2.46 bits per heavy atom. The van der Waals surface area contributed by atoms with Crippen LogP contribution in [-0.4, -0.2) is 18.5 Å². The lowest BCUT2D eigenvalue weighted by molar-refractivity contribution is -0.170. The van der Waals surface area contributed by atoms with Crippen LogP contribution in [0.25, 0.3) is 5.57 Å². The van der Waals surface area contributed by atoms with Crippen molar-refractivity contribution in [1.82, 2.24) is 0 Å². The van der Waals surface area contributed by atoms with Crippen LogP contribution in [0.15, 0.2) is 48.5 Å². The summed E-state index contributed by atoms with van der Waals surface area (Å²) in [6.45, 7) is 1.40. The van der Waals surface area contributed by atoms with E-state index in [1.54, 1.807) is 25.1 Å². The topological polar surface area (TPSA) is 20.3 Å². The number of halogens is 5. The number of rotatable bonds is 1. The van der Waals surface area contributed by atoms with Crippen LogP contribution in [0.3, 0.4) is 0 Å². The van der Waals surface area contributed by atoms with E-state index in [2.05, 4.69) is 0 Å². The zero-order chi connectivity index (χ0) is 19.1. The van der Waals surface area contributed by atoms with Gasteiger partial charge in [0, 0.05) is 5.56 Å². The molecule has 2 aromatic carbocycles. The van der Waals surface area contributed by atoms with Crippen molar-refractivity contribution in [3.63, 3.8) is 0 Å². The lowest BCUT2D eigenvalue weighted by Gasteiger charge is -2.24.